The molecule has 0 aromatic heterocycles. The molecule has 0 heterocycles. The molecule has 119 valence electrons. The number of hydrogen-bond donors (Lipinski definition) is 3. The molecular formula is C15H28BN2O3. The molecule has 5 nitrogen and oxygen atoms in total. The first-order valence-corrected chi connectivity index (χ1v) is 7.99. The molecule has 0 bridgehead atoms. The molecule has 1 radical (unpaired) electrons. The first-order chi connectivity index (χ1) is 9.96. The van der Waals surface area contributed by atoms with Crippen LogP contribution in [-0.2, 0) is 9.59 Å². The molecule has 1 aliphatic carbocycles. The maximum atomic E-state index is 11.6. The molecule has 3 N–H and O–H groups in total. The van der Waals surface area contributed by atoms with Crippen molar-refractivity contribution in [3.8, 4) is 0 Å². The molecule has 0 spiro atoms. The number of carboxylic acids is 1. The Bertz CT molecular complexity index is 361. The molecular weight excluding hydrogens is 267 g/mol. The Labute approximate surface area is 128 Å². The third-order valence-corrected chi connectivity index (χ3v) is 4.77. The Morgan fingerprint density at radius 1 is 1.29 bits per heavy atom. The van der Waals surface area contributed by atoms with Crippen LogP contribution in [0.5, 0.6) is 0 Å². The number of carbonyl (C=O) groups excluding carboxylic acids is 1. The van der Waals surface area contributed by atoms with E-state index in [2.05, 4.69) is 24.4 Å². The van der Waals surface area contributed by atoms with Crippen LogP contribution in [0.4, 0.5) is 0 Å². The van der Waals surface area contributed by atoms with Crippen LogP contribution in [0.3, 0.4) is 0 Å². The summed E-state index contributed by atoms with van der Waals surface area (Å²) in [4.78, 5) is 23.0. The minimum Gasteiger partial charge on any atom is -0.481 e. The number of carboxylic acid groups (broad SMARTS) is 1. The molecule has 0 unspecified atom stereocenters. The van der Waals surface area contributed by atoms with E-state index in [1.165, 1.54) is 6.92 Å². The zero-order valence-electron chi connectivity index (χ0n) is 13.6. The zero-order valence-corrected chi connectivity index (χ0v) is 13.6. The van der Waals surface area contributed by atoms with E-state index in [0.29, 0.717) is 12.3 Å². The maximum absolute atomic E-state index is 11.6. The van der Waals surface area contributed by atoms with E-state index in [-0.39, 0.29) is 29.8 Å². The Morgan fingerprint density at radius 2 is 1.90 bits per heavy atom. The van der Waals surface area contributed by atoms with Crippen LogP contribution in [0, 0.1) is 17.8 Å². The van der Waals surface area contributed by atoms with Gasteiger partial charge in [-0.1, -0.05) is 33.5 Å². The van der Waals surface area contributed by atoms with Crippen LogP contribution >= 0.6 is 0 Å². The second-order valence-corrected chi connectivity index (χ2v) is 5.97. The van der Waals surface area contributed by atoms with E-state index in [1.54, 1.807) is 0 Å². The van der Waals surface area contributed by atoms with Crippen LogP contribution < -0.4 is 10.5 Å². The second-order valence-electron chi connectivity index (χ2n) is 5.97. The SMILES string of the molecule is C[B]N[C@H]1[C@@H]([C@H](NC(C)=O)C(CC)CC)CC[C@@H]1C(=O)O. The first-order valence-electron chi connectivity index (χ1n) is 7.99. The fraction of sp³-hybridized carbons (Fsp3) is 0.867. The van der Waals surface area contributed by atoms with Gasteiger partial charge in [-0.3, -0.25) is 9.59 Å². The minimum atomic E-state index is -0.747. The monoisotopic (exact) mass is 295 g/mol. The molecule has 1 amide bonds. The van der Waals surface area contributed by atoms with Crippen LogP contribution in [0.25, 0.3) is 0 Å². The first kappa shape index (κ1) is 18.0. The van der Waals surface area contributed by atoms with Crippen LogP contribution in [0.15, 0.2) is 0 Å². The molecule has 1 saturated carbocycles. The van der Waals surface area contributed by atoms with Crippen LogP contribution in [-0.4, -0.2) is 36.5 Å². The molecule has 21 heavy (non-hydrogen) atoms. The highest BCUT2D eigenvalue weighted by Crippen LogP contribution is 2.37. The van der Waals surface area contributed by atoms with Gasteiger partial charge < -0.3 is 15.7 Å². The molecule has 1 fully saturated rings. The second kappa shape index (κ2) is 8.42. The molecule has 1 aliphatic rings. The molecule has 0 aromatic carbocycles. The van der Waals surface area contributed by atoms with Gasteiger partial charge in [-0.2, -0.15) is 0 Å². The van der Waals surface area contributed by atoms with E-state index in [1.807, 2.05) is 14.2 Å². The number of amides is 1. The summed E-state index contributed by atoms with van der Waals surface area (Å²) in [6, 6.07) is -0.0655. The van der Waals surface area contributed by atoms with Gasteiger partial charge in [0.1, 0.15) is 0 Å². The summed E-state index contributed by atoms with van der Waals surface area (Å²) in [5.74, 6) is -0.617. The van der Waals surface area contributed by atoms with Crippen molar-refractivity contribution in [3.63, 3.8) is 0 Å². The quantitative estimate of drug-likeness (QED) is 0.595. The van der Waals surface area contributed by atoms with E-state index in [4.69, 9.17) is 0 Å². The van der Waals surface area contributed by atoms with Gasteiger partial charge in [-0.25, -0.2) is 0 Å². The van der Waals surface area contributed by atoms with Crippen molar-refractivity contribution < 1.29 is 14.7 Å². The van der Waals surface area contributed by atoms with E-state index in [0.717, 1.165) is 19.3 Å². The Hall–Kier alpha value is -1.04. The summed E-state index contributed by atoms with van der Waals surface area (Å²) in [5, 5.41) is 15.7. The highest BCUT2D eigenvalue weighted by atomic mass is 16.4. The summed E-state index contributed by atoms with van der Waals surface area (Å²) in [5.41, 5.74) is 0. The molecule has 1 rings (SSSR count). The summed E-state index contributed by atoms with van der Waals surface area (Å²) >= 11 is 0. The minimum absolute atomic E-state index is 0.0371. The van der Waals surface area contributed by atoms with Gasteiger partial charge in [-0.05, 0) is 24.7 Å². The Kier molecular flexibility index (Phi) is 7.22. The van der Waals surface area contributed by atoms with E-state index >= 15 is 0 Å². The lowest BCUT2D eigenvalue weighted by Crippen LogP contribution is -2.52. The lowest BCUT2D eigenvalue weighted by atomic mass is 9.79. The van der Waals surface area contributed by atoms with E-state index < -0.39 is 5.97 Å². The molecule has 0 aromatic rings. The number of aliphatic carboxylic acids is 1. The highest BCUT2D eigenvalue weighted by molar-refractivity contribution is 6.30. The summed E-state index contributed by atoms with van der Waals surface area (Å²) in [7, 11) is 1.82. The summed E-state index contributed by atoms with van der Waals surface area (Å²) in [6.45, 7) is 7.66. The molecule has 4 atom stereocenters. The van der Waals surface area contributed by atoms with Crippen molar-refractivity contribution >= 4 is 19.3 Å². The standard InChI is InChI=1S/C15H28BN2O3/c1-5-10(6-2)13(17-9(3)19)11-7-8-12(15(20)21)14(11)18-16-4/h10-14,18H,5-8H2,1-4H3,(H,17,19)(H,20,21)/t11-,12+,13-,14+/m1/s1. The van der Waals surface area contributed by atoms with Gasteiger partial charge >= 0.3 is 5.97 Å². The Morgan fingerprint density at radius 3 is 2.33 bits per heavy atom. The van der Waals surface area contributed by atoms with Crippen molar-refractivity contribution in [2.75, 3.05) is 0 Å². The van der Waals surface area contributed by atoms with Gasteiger partial charge in [0.2, 0.25) is 13.3 Å². The third-order valence-electron chi connectivity index (χ3n) is 4.77. The van der Waals surface area contributed by atoms with Gasteiger partial charge in [0, 0.05) is 19.0 Å². The lowest BCUT2D eigenvalue weighted by Gasteiger charge is -2.36. The Balaban J connectivity index is 2.98. The maximum Gasteiger partial charge on any atom is 0.308 e. The fourth-order valence-electron chi connectivity index (χ4n) is 3.75. The zero-order chi connectivity index (χ0) is 16.0. The van der Waals surface area contributed by atoms with Gasteiger partial charge in [-0.15, -0.1) is 0 Å². The van der Waals surface area contributed by atoms with Crippen molar-refractivity contribution in [3.05, 3.63) is 0 Å². The molecule has 6 heteroatoms. The normalized spacial score (nSPS) is 26.6. The van der Waals surface area contributed by atoms with Crippen LogP contribution in [0.2, 0.25) is 6.82 Å². The van der Waals surface area contributed by atoms with Crippen molar-refractivity contribution in [2.45, 2.75) is 65.4 Å². The molecule has 0 saturated heterocycles. The number of hydrogen-bond acceptors (Lipinski definition) is 3. The number of nitrogens with one attached hydrogen (secondary N) is 2. The van der Waals surface area contributed by atoms with Crippen molar-refractivity contribution in [2.24, 2.45) is 17.8 Å². The van der Waals surface area contributed by atoms with Crippen LogP contribution in [0.1, 0.15) is 46.5 Å². The summed E-state index contributed by atoms with van der Waals surface area (Å²) < 4.78 is 0. The predicted octanol–water partition coefficient (Wildman–Crippen LogP) is 1.66. The predicted molar refractivity (Wildman–Crippen MR) is 84.1 cm³/mol. The topological polar surface area (TPSA) is 78.4 Å². The smallest absolute Gasteiger partial charge is 0.308 e. The average Bonchev–Trinajstić information content (AvgIpc) is 2.82. The van der Waals surface area contributed by atoms with Crippen molar-refractivity contribution in [1.82, 2.24) is 10.5 Å². The molecule has 0 aliphatic heterocycles. The van der Waals surface area contributed by atoms with Gasteiger partial charge in [0.25, 0.3) is 0 Å². The van der Waals surface area contributed by atoms with Crippen molar-refractivity contribution in [1.29, 1.82) is 0 Å². The number of rotatable bonds is 8. The lowest BCUT2D eigenvalue weighted by molar-refractivity contribution is -0.142. The van der Waals surface area contributed by atoms with Gasteiger partial charge in [0.05, 0.1) is 5.92 Å². The van der Waals surface area contributed by atoms with E-state index in [9.17, 15) is 14.7 Å². The highest BCUT2D eigenvalue weighted by Gasteiger charge is 2.44. The third kappa shape index (κ3) is 4.46. The largest absolute Gasteiger partial charge is 0.481 e. The fourth-order valence-corrected chi connectivity index (χ4v) is 3.75. The van der Waals surface area contributed by atoms with Gasteiger partial charge in [0.15, 0.2) is 0 Å². The summed E-state index contributed by atoms with van der Waals surface area (Å²) in [6.07, 6.45) is 3.47. The average molecular weight is 295 g/mol. The number of carbonyl (C=O) groups is 2.